The van der Waals surface area contributed by atoms with Gasteiger partial charge in [0, 0.05) is 20.1 Å². The van der Waals surface area contributed by atoms with Crippen molar-refractivity contribution in [2.45, 2.75) is 25.5 Å². The smallest absolute Gasteiger partial charge is 0.146 e. The summed E-state index contributed by atoms with van der Waals surface area (Å²) in [5.41, 5.74) is 0. The molecule has 0 bridgehead atoms. The van der Waals surface area contributed by atoms with Gasteiger partial charge in [0.1, 0.15) is 12.2 Å². The number of aromatic nitrogens is 3. The summed E-state index contributed by atoms with van der Waals surface area (Å²) in [6, 6.07) is 0. The average Bonchev–Trinajstić information content (AvgIpc) is 2.56. The van der Waals surface area contributed by atoms with Gasteiger partial charge < -0.3 is 9.67 Å². The first-order chi connectivity index (χ1) is 6.75. The molecule has 1 aromatic rings. The van der Waals surface area contributed by atoms with E-state index >= 15 is 0 Å². The zero-order valence-electron chi connectivity index (χ0n) is 8.43. The normalized spacial score (nSPS) is 20.1. The Bertz CT molecular complexity index is 291. The number of aryl methyl sites for hydroxylation is 1. The highest BCUT2D eigenvalue weighted by Crippen LogP contribution is 2.11. The van der Waals surface area contributed by atoms with Crippen LogP contribution in [0.25, 0.3) is 0 Å². The van der Waals surface area contributed by atoms with Crippen molar-refractivity contribution in [1.82, 2.24) is 19.7 Å². The number of hydrogen-bond donors (Lipinski definition) is 1. The van der Waals surface area contributed by atoms with Crippen LogP contribution in [0.4, 0.5) is 0 Å². The van der Waals surface area contributed by atoms with E-state index in [-0.39, 0.29) is 6.10 Å². The highest BCUT2D eigenvalue weighted by molar-refractivity contribution is 4.85. The Kier molecular flexibility index (Phi) is 2.79. The highest BCUT2D eigenvalue weighted by Gasteiger charge is 2.18. The van der Waals surface area contributed by atoms with Crippen LogP contribution in [-0.2, 0) is 13.6 Å². The lowest BCUT2D eigenvalue weighted by atomic mass is 10.1. The molecule has 0 aliphatic carbocycles. The lowest BCUT2D eigenvalue weighted by Gasteiger charge is -2.28. The van der Waals surface area contributed by atoms with Crippen molar-refractivity contribution in [3.8, 4) is 0 Å². The van der Waals surface area contributed by atoms with E-state index in [0.29, 0.717) is 0 Å². The molecule has 1 aromatic heterocycles. The predicted molar refractivity (Wildman–Crippen MR) is 51.5 cm³/mol. The molecule has 1 aliphatic rings. The van der Waals surface area contributed by atoms with E-state index in [9.17, 15) is 5.11 Å². The maximum Gasteiger partial charge on any atom is 0.146 e. The number of likely N-dealkylation sites (tertiary alicyclic amines) is 1. The molecule has 78 valence electrons. The Balaban J connectivity index is 1.89. The molecule has 0 amide bonds. The topological polar surface area (TPSA) is 54.2 Å². The van der Waals surface area contributed by atoms with E-state index in [1.807, 2.05) is 11.6 Å². The molecule has 2 rings (SSSR count). The maximum atomic E-state index is 9.35. The van der Waals surface area contributed by atoms with Gasteiger partial charge in [-0.15, -0.1) is 10.2 Å². The van der Waals surface area contributed by atoms with Gasteiger partial charge in [0.05, 0.1) is 12.6 Å². The zero-order valence-corrected chi connectivity index (χ0v) is 8.43. The zero-order chi connectivity index (χ0) is 9.97. The van der Waals surface area contributed by atoms with Gasteiger partial charge in [0.2, 0.25) is 0 Å². The molecule has 1 N–H and O–H groups in total. The number of rotatable bonds is 2. The van der Waals surface area contributed by atoms with Gasteiger partial charge in [-0.25, -0.2) is 0 Å². The monoisotopic (exact) mass is 196 g/mol. The third-order valence-electron chi connectivity index (χ3n) is 2.73. The van der Waals surface area contributed by atoms with Gasteiger partial charge in [-0.3, -0.25) is 4.90 Å². The summed E-state index contributed by atoms with van der Waals surface area (Å²) < 4.78 is 1.94. The second kappa shape index (κ2) is 4.06. The summed E-state index contributed by atoms with van der Waals surface area (Å²) in [7, 11) is 1.95. The summed E-state index contributed by atoms with van der Waals surface area (Å²) in [6.07, 6.45) is 3.36. The van der Waals surface area contributed by atoms with Crippen LogP contribution in [0.3, 0.4) is 0 Å². The highest BCUT2D eigenvalue weighted by atomic mass is 16.3. The number of nitrogens with zero attached hydrogens (tertiary/aromatic N) is 4. The van der Waals surface area contributed by atoms with Crippen molar-refractivity contribution in [2.75, 3.05) is 13.1 Å². The molecular weight excluding hydrogens is 180 g/mol. The fourth-order valence-electron chi connectivity index (χ4n) is 1.73. The van der Waals surface area contributed by atoms with Crippen LogP contribution in [0.15, 0.2) is 6.33 Å². The van der Waals surface area contributed by atoms with Crippen LogP contribution in [0.2, 0.25) is 0 Å². The van der Waals surface area contributed by atoms with E-state index < -0.39 is 0 Å². The Morgan fingerprint density at radius 3 is 2.79 bits per heavy atom. The molecule has 0 saturated carbocycles. The molecule has 14 heavy (non-hydrogen) atoms. The van der Waals surface area contributed by atoms with Gasteiger partial charge in [0.25, 0.3) is 0 Å². The molecule has 5 heteroatoms. The average molecular weight is 196 g/mol. The summed E-state index contributed by atoms with van der Waals surface area (Å²) >= 11 is 0. The van der Waals surface area contributed by atoms with Crippen molar-refractivity contribution >= 4 is 0 Å². The minimum absolute atomic E-state index is 0.106. The summed E-state index contributed by atoms with van der Waals surface area (Å²) in [5.74, 6) is 0.987. The van der Waals surface area contributed by atoms with Crippen molar-refractivity contribution in [3.05, 3.63) is 12.2 Å². The fourth-order valence-corrected chi connectivity index (χ4v) is 1.73. The molecule has 0 radical (unpaired) electrons. The molecule has 1 fully saturated rings. The first kappa shape index (κ1) is 9.61. The number of hydrogen-bond acceptors (Lipinski definition) is 4. The Labute approximate surface area is 83.4 Å². The van der Waals surface area contributed by atoms with Crippen LogP contribution < -0.4 is 0 Å². The molecule has 0 spiro atoms. The first-order valence-electron chi connectivity index (χ1n) is 4.99. The van der Waals surface area contributed by atoms with Crippen LogP contribution in [0.5, 0.6) is 0 Å². The van der Waals surface area contributed by atoms with Crippen molar-refractivity contribution < 1.29 is 5.11 Å². The van der Waals surface area contributed by atoms with Gasteiger partial charge in [0.15, 0.2) is 0 Å². The van der Waals surface area contributed by atoms with Crippen LogP contribution >= 0.6 is 0 Å². The largest absolute Gasteiger partial charge is 0.393 e. The summed E-state index contributed by atoms with van der Waals surface area (Å²) in [5, 5.41) is 17.2. The van der Waals surface area contributed by atoms with Gasteiger partial charge >= 0.3 is 0 Å². The number of aliphatic hydroxyl groups excluding tert-OH is 1. The minimum atomic E-state index is -0.106. The van der Waals surface area contributed by atoms with E-state index in [1.165, 1.54) is 0 Å². The molecule has 5 nitrogen and oxygen atoms in total. The van der Waals surface area contributed by atoms with Crippen molar-refractivity contribution in [1.29, 1.82) is 0 Å². The van der Waals surface area contributed by atoms with Gasteiger partial charge in [-0.2, -0.15) is 0 Å². The van der Waals surface area contributed by atoms with Crippen LogP contribution in [0.1, 0.15) is 18.7 Å². The van der Waals surface area contributed by atoms with E-state index in [4.69, 9.17) is 0 Å². The van der Waals surface area contributed by atoms with Crippen LogP contribution in [-0.4, -0.2) is 44.0 Å². The van der Waals surface area contributed by atoms with Crippen molar-refractivity contribution in [3.63, 3.8) is 0 Å². The third kappa shape index (κ3) is 2.10. The Morgan fingerprint density at radius 2 is 2.21 bits per heavy atom. The van der Waals surface area contributed by atoms with E-state index in [0.717, 1.165) is 38.3 Å². The van der Waals surface area contributed by atoms with E-state index in [1.54, 1.807) is 6.33 Å². The summed E-state index contributed by atoms with van der Waals surface area (Å²) in [6.45, 7) is 2.74. The molecular formula is C9H16N4O. The number of piperidine rings is 1. The number of aliphatic hydroxyl groups is 1. The molecule has 1 aliphatic heterocycles. The SMILES string of the molecule is Cn1cnnc1CN1CCC(O)CC1. The Hall–Kier alpha value is -0.940. The maximum absolute atomic E-state index is 9.35. The van der Waals surface area contributed by atoms with Crippen molar-refractivity contribution in [2.24, 2.45) is 7.05 Å². The first-order valence-corrected chi connectivity index (χ1v) is 4.99. The van der Waals surface area contributed by atoms with E-state index in [2.05, 4.69) is 15.1 Å². The third-order valence-corrected chi connectivity index (χ3v) is 2.73. The second-order valence-corrected chi connectivity index (χ2v) is 3.87. The lowest BCUT2D eigenvalue weighted by molar-refractivity contribution is 0.0776. The molecule has 0 atom stereocenters. The summed E-state index contributed by atoms with van der Waals surface area (Å²) in [4.78, 5) is 2.30. The van der Waals surface area contributed by atoms with Gasteiger partial charge in [-0.1, -0.05) is 0 Å². The molecule has 0 aromatic carbocycles. The lowest BCUT2D eigenvalue weighted by Crippen LogP contribution is -2.35. The fraction of sp³-hybridized carbons (Fsp3) is 0.778. The molecule has 1 saturated heterocycles. The second-order valence-electron chi connectivity index (χ2n) is 3.87. The Morgan fingerprint density at radius 1 is 1.50 bits per heavy atom. The quantitative estimate of drug-likeness (QED) is 0.710. The standard InChI is InChI=1S/C9H16N4O/c1-12-7-10-11-9(12)6-13-4-2-8(14)3-5-13/h7-8,14H,2-6H2,1H3. The predicted octanol–water partition coefficient (Wildman–Crippen LogP) is -0.228. The molecule has 0 unspecified atom stereocenters. The molecule has 2 heterocycles. The van der Waals surface area contributed by atoms with Crippen LogP contribution in [0, 0.1) is 0 Å². The van der Waals surface area contributed by atoms with Gasteiger partial charge in [-0.05, 0) is 12.8 Å². The minimum Gasteiger partial charge on any atom is -0.393 e.